The predicted octanol–water partition coefficient (Wildman–Crippen LogP) is 2.96. The Labute approximate surface area is 174 Å². The number of aromatic amines is 1. The number of hydrogen-bond acceptors (Lipinski definition) is 7. The Morgan fingerprint density at radius 3 is 2.90 bits per heavy atom. The lowest BCUT2D eigenvalue weighted by molar-refractivity contribution is 0.152. The third kappa shape index (κ3) is 3.56. The summed E-state index contributed by atoms with van der Waals surface area (Å²) in [6, 6.07) is 8.01. The molecule has 0 radical (unpaired) electrons. The molecule has 0 saturated carbocycles. The fraction of sp³-hybridized carbons (Fsp3) is 0.429. The summed E-state index contributed by atoms with van der Waals surface area (Å²) in [4.78, 5) is 19.9. The predicted molar refractivity (Wildman–Crippen MR) is 116 cm³/mol. The number of aromatic nitrogens is 6. The normalized spacial score (nSPS) is 15.2. The van der Waals surface area contributed by atoms with Gasteiger partial charge in [0.25, 0.3) is 0 Å². The number of hydrogen-bond donors (Lipinski definition) is 2. The van der Waals surface area contributed by atoms with Gasteiger partial charge in [0.1, 0.15) is 5.82 Å². The number of fused-ring (bicyclic) bond motifs is 2. The summed E-state index contributed by atoms with van der Waals surface area (Å²) in [6.45, 7) is 7.95. The maximum atomic E-state index is 5.60. The van der Waals surface area contributed by atoms with E-state index in [1.54, 1.807) is 4.52 Å². The van der Waals surface area contributed by atoms with Gasteiger partial charge in [-0.15, -0.1) is 0 Å². The molecule has 0 bridgehead atoms. The van der Waals surface area contributed by atoms with Gasteiger partial charge < -0.3 is 19.9 Å². The molecule has 30 heavy (non-hydrogen) atoms. The average molecular weight is 406 g/mol. The second kappa shape index (κ2) is 7.91. The molecule has 0 unspecified atom stereocenters. The number of ether oxygens (including phenoxy) is 1. The van der Waals surface area contributed by atoms with E-state index >= 15 is 0 Å². The zero-order chi connectivity index (χ0) is 20.5. The van der Waals surface area contributed by atoms with Crippen molar-refractivity contribution in [3.63, 3.8) is 0 Å². The molecule has 9 nitrogen and oxygen atoms in total. The highest BCUT2D eigenvalue weighted by Crippen LogP contribution is 2.24. The maximum Gasteiger partial charge on any atom is 0.230 e. The first kappa shape index (κ1) is 18.8. The standard InChI is InChI=1S/C21H26N8O/c1-14(2)15-12-23-29-19(15)26-21(28-8-5-10-30-11-9-28)27-20(29)22-13-18-24-16-6-3-4-7-17(16)25-18/h3-4,6-7,12,14H,5,8-11,13H2,1-2H3,(H,24,25)(H,22,26,27). The van der Waals surface area contributed by atoms with Gasteiger partial charge in [-0.25, -0.2) is 4.98 Å². The number of para-hydroxylation sites is 2. The molecule has 1 saturated heterocycles. The Bertz CT molecular complexity index is 1120. The van der Waals surface area contributed by atoms with Crippen LogP contribution in [0.15, 0.2) is 30.5 Å². The molecule has 1 aliphatic rings. The van der Waals surface area contributed by atoms with Crippen LogP contribution in [0, 0.1) is 0 Å². The van der Waals surface area contributed by atoms with Crippen LogP contribution in [0.3, 0.4) is 0 Å². The van der Waals surface area contributed by atoms with Gasteiger partial charge in [0.2, 0.25) is 11.9 Å². The number of imidazole rings is 1. The minimum atomic E-state index is 0.320. The lowest BCUT2D eigenvalue weighted by atomic mass is 10.1. The summed E-state index contributed by atoms with van der Waals surface area (Å²) in [5.74, 6) is 2.54. The molecule has 2 N–H and O–H groups in total. The third-order valence-electron chi connectivity index (χ3n) is 5.36. The molecular weight excluding hydrogens is 380 g/mol. The Kier molecular flexibility index (Phi) is 4.96. The minimum Gasteiger partial charge on any atom is -0.380 e. The number of H-pyrrole nitrogens is 1. The molecule has 0 atom stereocenters. The zero-order valence-electron chi connectivity index (χ0n) is 17.3. The van der Waals surface area contributed by atoms with Gasteiger partial charge in [0.05, 0.1) is 30.4 Å². The Morgan fingerprint density at radius 1 is 1.13 bits per heavy atom. The van der Waals surface area contributed by atoms with Crippen molar-refractivity contribution in [3.8, 4) is 0 Å². The van der Waals surface area contributed by atoms with Gasteiger partial charge in [0.15, 0.2) is 5.65 Å². The molecule has 5 rings (SSSR count). The average Bonchev–Trinajstić information content (AvgIpc) is 3.27. The first-order chi connectivity index (χ1) is 14.7. The number of benzene rings is 1. The van der Waals surface area contributed by atoms with E-state index in [0.717, 1.165) is 54.2 Å². The third-order valence-corrected chi connectivity index (χ3v) is 5.36. The molecule has 3 aromatic heterocycles. The fourth-order valence-electron chi connectivity index (χ4n) is 3.74. The maximum absolute atomic E-state index is 5.60. The van der Waals surface area contributed by atoms with Crippen molar-refractivity contribution in [2.45, 2.75) is 32.7 Å². The molecule has 1 aromatic carbocycles. The zero-order valence-corrected chi connectivity index (χ0v) is 17.3. The molecule has 0 aliphatic carbocycles. The van der Waals surface area contributed by atoms with Crippen molar-refractivity contribution in [1.29, 1.82) is 0 Å². The van der Waals surface area contributed by atoms with Gasteiger partial charge in [-0.1, -0.05) is 26.0 Å². The summed E-state index contributed by atoms with van der Waals surface area (Å²) in [6.07, 6.45) is 2.85. The second-order valence-electron chi connectivity index (χ2n) is 7.84. The van der Waals surface area contributed by atoms with Crippen LogP contribution < -0.4 is 10.2 Å². The molecule has 4 aromatic rings. The summed E-state index contributed by atoms with van der Waals surface area (Å²) in [5.41, 5.74) is 3.92. The van der Waals surface area contributed by atoms with Crippen LogP contribution in [0.2, 0.25) is 0 Å². The van der Waals surface area contributed by atoms with Crippen LogP contribution in [-0.2, 0) is 11.3 Å². The van der Waals surface area contributed by atoms with Gasteiger partial charge >= 0.3 is 0 Å². The van der Waals surface area contributed by atoms with Crippen molar-refractivity contribution in [2.75, 3.05) is 36.5 Å². The SMILES string of the molecule is CC(C)c1cnn2c(NCc3nc4ccccc4[nH]3)nc(N3CCCOCC3)nc12. The van der Waals surface area contributed by atoms with Gasteiger partial charge in [-0.3, -0.25) is 0 Å². The number of nitrogens with one attached hydrogen (secondary N) is 2. The Balaban J connectivity index is 1.50. The highest BCUT2D eigenvalue weighted by atomic mass is 16.5. The van der Waals surface area contributed by atoms with Crippen molar-refractivity contribution in [2.24, 2.45) is 0 Å². The summed E-state index contributed by atoms with van der Waals surface area (Å²) in [5, 5.41) is 7.96. The molecule has 4 heterocycles. The van der Waals surface area contributed by atoms with E-state index in [1.165, 1.54) is 0 Å². The van der Waals surface area contributed by atoms with E-state index in [0.29, 0.717) is 31.0 Å². The van der Waals surface area contributed by atoms with E-state index in [2.05, 4.69) is 39.1 Å². The topological polar surface area (TPSA) is 96.3 Å². The molecular formula is C21H26N8O. The number of rotatable bonds is 5. The summed E-state index contributed by atoms with van der Waals surface area (Å²) in [7, 11) is 0. The fourth-order valence-corrected chi connectivity index (χ4v) is 3.74. The molecule has 0 amide bonds. The van der Waals surface area contributed by atoms with Crippen molar-refractivity contribution in [1.82, 2.24) is 29.5 Å². The van der Waals surface area contributed by atoms with Crippen LogP contribution in [0.4, 0.5) is 11.9 Å². The minimum absolute atomic E-state index is 0.320. The van der Waals surface area contributed by atoms with E-state index in [1.807, 2.05) is 30.5 Å². The number of anilines is 2. The quantitative estimate of drug-likeness (QED) is 0.526. The first-order valence-electron chi connectivity index (χ1n) is 10.4. The largest absolute Gasteiger partial charge is 0.380 e. The lowest BCUT2D eigenvalue weighted by Gasteiger charge is -2.20. The summed E-state index contributed by atoms with van der Waals surface area (Å²) < 4.78 is 7.39. The van der Waals surface area contributed by atoms with Crippen LogP contribution in [0.25, 0.3) is 16.7 Å². The Morgan fingerprint density at radius 2 is 2.03 bits per heavy atom. The van der Waals surface area contributed by atoms with E-state index in [4.69, 9.17) is 14.7 Å². The first-order valence-corrected chi connectivity index (χ1v) is 10.4. The van der Waals surface area contributed by atoms with Gasteiger partial charge in [-0.2, -0.15) is 19.6 Å². The molecule has 0 spiro atoms. The summed E-state index contributed by atoms with van der Waals surface area (Å²) >= 11 is 0. The van der Waals surface area contributed by atoms with Gasteiger partial charge in [0, 0.05) is 25.3 Å². The molecule has 156 valence electrons. The van der Waals surface area contributed by atoms with Crippen molar-refractivity contribution >= 4 is 28.6 Å². The van der Waals surface area contributed by atoms with Crippen LogP contribution in [0.1, 0.15) is 37.6 Å². The van der Waals surface area contributed by atoms with E-state index in [-0.39, 0.29) is 0 Å². The van der Waals surface area contributed by atoms with Crippen molar-refractivity contribution in [3.05, 3.63) is 41.9 Å². The highest BCUT2D eigenvalue weighted by Gasteiger charge is 2.19. The van der Waals surface area contributed by atoms with E-state index < -0.39 is 0 Å². The smallest absolute Gasteiger partial charge is 0.230 e. The van der Waals surface area contributed by atoms with Crippen LogP contribution in [0.5, 0.6) is 0 Å². The van der Waals surface area contributed by atoms with E-state index in [9.17, 15) is 0 Å². The van der Waals surface area contributed by atoms with Crippen LogP contribution >= 0.6 is 0 Å². The number of nitrogens with zero attached hydrogens (tertiary/aromatic N) is 6. The second-order valence-corrected chi connectivity index (χ2v) is 7.84. The lowest BCUT2D eigenvalue weighted by Crippen LogP contribution is -2.28. The van der Waals surface area contributed by atoms with Crippen LogP contribution in [-0.4, -0.2) is 55.9 Å². The van der Waals surface area contributed by atoms with Crippen molar-refractivity contribution < 1.29 is 4.74 Å². The molecule has 1 fully saturated rings. The molecule has 1 aliphatic heterocycles. The van der Waals surface area contributed by atoms with Gasteiger partial charge in [-0.05, 0) is 24.5 Å². The Hall–Kier alpha value is -3.20. The highest BCUT2D eigenvalue weighted by molar-refractivity contribution is 5.74. The monoisotopic (exact) mass is 406 g/mol. The molecule has 9 heteroatoms.